The third-order valence-electron chi connectivity index (χ3n) is 3.45. The number of ether oxygens (including phenoxy) is 2. The molecule has 0 atom stereocenters. The first-order valence-electron chi connectivity index (χ1n) is 7.08. The predicted octanol–water partition coefficient (Wildman–Crippen LogP) is 2.29. The van der Waals surface area contributed by atoms with Gasteiger partial charge < -0.3 is 19.7 Å². The second-order valence-corrected chi connectivity index (χ2v) is 5.03. The summed E-state index contributed by atoms with van der Waals surface area (Å²) in [5.74, 6) is 0.792. The highest BCUT2D eigenvalue weighted by atomic mass is 16.5. The van der Waals surface area contributed by atoms with Gasteiger partial charge in [-0.05, 0) is 18.2 Å². The highest BCUT2D eigenvalue weighted by molar-refractivity contribution is 5.81. The maximum absolute atomic E-state index is 10.8. The maximum atomic E-state index is 10.8. The van der Waals surface area contributed by atoms with Crippen molar-refractivity contribution in [2.75, 3.05) is 13.7 Å². The van der Waals surface area contributed by atoms with E-state index in [0.29, 0.717) is 17.8 Å². The molecule has 1 aromatic heterocycles. The van der Waals surface area contributed by atoms with Gasteiger partial charge in [0.1, 0.15) is 11.5 Å². The molecular formula is C17H16N2O4. The number of nitrogens with two attached hydrogens (primary N) is 1. The number of carbonyl (C=O) groups is 1. The van der Waals surface area contributed by atoms with Crippen LogP contribution in [0, 0.1) is 0 Å². The van der Waals surface area contributed by atoms with E-state index in [1.54, 1.807) is 19.2 Å². The lowest BCUT2D eigenvalue weighted by Gasteiger charge is -2.06. The Bertz CT molecular complexity index is 841. The van der Waals surface area contributed by atoms with Crippen LogP contribution in [-0.4, -0.2) is 24.8 Å². The van der Waals surface area contributed by atoms with E-state index in [1.807, 2.05) is 30.3 Å². The molecule has 2 aromatic carbocycles. The molecule has 0 aliphatic carbocycles. The molecule has 0 aliphatic rings. The molecule has 0 bridgehead atoms. The van der Waals surface area contributed by atoms with Gasteiger partial charge in [0.05, 0.1) is 12.8 Å². The Kier molecular flexibility index (Phi) is 4.14. The number of benzene rings is 2. The minimum Gasteiger partial charge on any atom is -0.496 e. The third kappa shape index (κ3) is 3.26. The van der Waals surface area contributed by atoms with Crippen molar-refractivity contribution in [3.63, 3.8) is 0 Å². The van der Waals surface area contributed by atoms with Crippen LogP contribution in [-0.2, 0) is 11.2 Å². The zero-order valence-electron chi connectivity index (χ0n) is 12.6. The number of para-hydroxylation sites is 1. The fraction of sp³-hybridized carbons (Fsp3) is 0.176. The number of amides is 1. The molecule has 6 heteroatoms. The van der Waals surface area contributed by atoms with Crippen LogP contribution in [0.15, 0.2) is 47.0 Å². The summed E-state index contributed by atoms with van der Waals surface area (Å²) in [4.78, 5) is 10.8. The Morgan fingerprint density at radius 1 is 1.26 bits per heavy atom. The lowest BCUT2D eigenvalue weighted by molar-refractivity contribution is -0.119. The van der Waals surface area contributed by atoms with Gasteiger partial charge in [0.2, 0.25) is 0 Å². The van der Waals surface area contributed by atoms with Crippen LogP contribution in [0.4, 0.5) is 0 Å². The van der Waals surface area contributed by atoms with Crippen LogP contribution in [0.3, 0.4) is 0 Å². The van der Waals surface area contributed by atoms with Gasteiger partial charge in [0.15, 0.2) is 12.2 Å². The van der Waals surface area contributed by atoms with E-state index in [9.17, 15) is 4.79 Å². The Hall–Kier alpha value is -3.02. The zero-order chi connectivity index (χ0) is 16.2. The topological polar surface area (TPSA) is 87.6 Å². The molecule has 23 heavy (non-hydrogen) atoms. The van der Waals surface area contributed by atoms with Crippen LogP contribution in [0.5, 0.6) is 11.5 Å². The van der Waals surface area contributed by atoms with E-state index in [0.717, 1.165) is 22.4 Å². The summed E-state index contributed by atoms with van der Waals surface area (Å²) in [6.45, 7) is -0.173. The number of hydrogen-bond donors (Lipinski definition) is 1. The lowest BCUT2D eigenvalue weighted by atomic mass is 10.1. The largest absolute Gasteiger partial charge is 0.496 e. The van der Waals surface area contributed by atoms with Crippen molar-refractivity contribution >= 4 is 16.9 Å². The SMILES string of the molecule is COc1ccccc1Cc1noc2cc(OCC(N)=O)ccc12. The first-order chi connectivity index (χ1) is 11.2. The molecule has 3 rings (SSSR count). The summed E-state index contributed by atoms with van der Waals surface area (Å²) in [6.07, 6.45) is 0.596. The van der Waals surface area contributed by atoms with E-state index in [2.05, 4.69) is 5.16 Å². The Balaban J connectivity index is 1.86. The molecule has 0 fully saturated rings. The molecule has 0 spiro atoms. The van der Waals surface area contributed by atoms with E-state index in [-0.39, 0.29) is 6.61 Å². The van der Waals surface area contributed by atoms with Crippen molar-refractivity contribution in [1.82, 2.24) is 5.16 Å². The number of primary amides is 1. The van der Waals surface area contributed by atoms with E-state index < -0.39 is 5.91 Å². The molecule has 118 valence electrons. The third-order valence-corrected chi connectivity index (χ3v) is 3.45. The molecular weight excluding hydrogens is 296 g/mol. The van der Waals surface area contributed by atoms with E-state index in [1.165, 1.54) is 0 Å². The predicted molar refractivity (Wildman–Crippen MR) is 84.5 cm³/mol. The number of nitrogens with zero attached hydrogens (tertiary/aromatic N) is 1. The molecule has 6 nitrogen and oxygen atoms in total. The second kappa shape index (κ2) is 6.39. The first kappa shape index (κ1) is 14.9. The van der Waals surface area contributed by atoms with Crippen LogP contribution in [0.1, 0.15) is 11.3 Å². The molecule has 0 unspecified atom stereocenters. The average Bonchev–Trinajstić information content (AvgIpc) is 2.96. The quantitative estimate of drug-likeness (QED) is 0.754. The van der Waals surface area contributed by atoms with Crippen molar-refractivity contribution in [2.24, 2.45) is 5.73 Å². The van der Waals surface area contributed by atoms with Crippen molar-refractivity contribution in [3.8, 4) is 11.5 Å². The van der Waals surface area contributed by atoms with Gasteiger partial charge in [-0.1, -0.05) is 23.4 Å². The molecule has 1 heterocycles. The minimum absolute atomic E-state index is 0.173. The molecule has 0 saturated carbocycles. The van der Waals surface area contributed by atoms with Gasteiger partial charge in [0, 0.05) is 23.4 Å². The van der Waals surface area contributed by atoms with Gasteiger partial charge >= 0.3 is 0 Å². The van der Waals surface area contributed by atoms with E-state index >= 15 is 0 Å². The van der Waals surface area contributed by atoms with Gasteiger partial charge in [-0.3, -0.25) is 4.79 Å². The molecule has 2 N–H and O–H groups in total. The smallest absolute Gasteiger partial charge is 0.255 e. The fourth-order valence-corrected chi connectivity index (χ4v) is 2.37. The summed E-state index contributed by atoms with van der Waals surface area (Å²) in [5, 5.41) is 5.02. The summed E-state index contributed by atoms with van der Waals surface area (Å²) in [7, 11) is 1.64. The minimum atomic E-state index is -0.528. The standard InChI is InChI=1S/C17H16N2O4/c1-21-15-5-3-2-4-11(15)8-14-13-7-6-12(22-10-17(18)20)9-16(13)23-19-14/h2-7,9H,8,10H2,1H3,(H2,18,20). The van der Waals surface area contributed by atoms with Crippen molar-refractivity contribution < 1.29 is 18.8 Å². The second-order valence-electron chi connectivity index (χ2n) is 5.03. The number of aromatic nitrogens is 1. The maximum Gasteiger partial charge on any atom is 0.255 e. The van der Waals surface area contributed by atoms with Crippen LogP contribution in [0.2, 0.25) is 0 Å². The highest BCUT2D eigenvalue weighted by Gasteiger charge is 2.12. The Labute approximate surface area is 132 Å². The molecule has 1 amide bonds. The number of hydrogen-bond acceptors (Lipinski definition) is 5. The van der Waals surface area contributed by atoms with Gasteiger partial charge in [-0.15, -0.1) is 0 Å². The number of methoxy groups -OCH3 is 1. The van der Waals surface area contributed by atoms with Gasteiger partial charge in [-0.2, -0.15) is 0 Å². The molecule has 3 aromatic rings. The number of rotatable bonds is 6. The normalized spacial score (nSPS) is 10.7. The number of carbonyl (C=O) groups excluding carboxylic acids is 1. The number of fused-ring (bicyclic) bond motifs is 1. The zero-order valence-corrected chi connectivity index (χ0v) is 12.6. The van der Waals surface area contributed by atoms with E-state index in [4.69, 9.17) is 19.7 Å². The van der Waals surface area contributed by atoms with Crippen molar-refractivity contribution in [1.29, 1.82) is 0 Å². The van der Waals surface area contributed by atoms with Gasteiger partial charge in [0.25, 0.3) is 5.91 Å². The summed E-state index contributed by atoms with van der Waals surface area (Å²) >= 11 is 0. The summed E-state index contributed by atoms with van der Waals surface area (Å²) in [5.41, 5.74) is 7.49. The van der Waals surface area contributed by atoms with Crippen molar-refractivity contribution in [3.05, 3.63) is 53.7 Å². The average molecular weight is 312 g/mol. The Morgan fingerprint density at radius 2 is 2.09 bits per heavy atom. The molecule has 0 aliphatic heterocycles. The van der Waals surface area contributed by atoms with Gasteiger partial charge in [-0.25, -0.2) is 0 Å². The summed E-state index contributed by atoms with van der Waals surface area (Å²) in [6, 6.07) is 13.1. The van der Waals surface area contributed by atoms with Crippen molar-refractivity contribution in [2.45, 2.75) is 6.42 Å². The fourth-order valence-electron chi connectivity index (χ4n) is 2.37. The molecule has 0 radical (unpaired) electrons. The van der Waals surface area contributed by atoms with Crippen LogP contribution < -0.4 is 15.2 Å². The lowest BCUT2D eigenvalue weighted by Crippen LogP contribution is -2.19. The summed E-state index contributed by atoms with van der Waals surface area (Å²) < 4.78 is 16.0. The highest BCUT2D eigenvalue weighted by Crippen LogP contribution is 2.27. The first-order valence-corrected chi connectivity index (χ1v) is 7.08. The van der Waals surface area contributed by atoms with Crippen LogP contribution >= 0.6 is 0 Å². The monoisotopic (exact) mass is 312 g/mol. The van der Waals surface area contributed by atoms with Crippen LogP contribution in [0.25, 0.3) is 11.0 Å². The molecule has 0 saturated heterocycles. The Morgan fingerprint density at radius 3 is 2.87 bits per heavy atom.